The van der Waals surface area contributed by atoms with E-state index in [1.165, 1.54) is 5.39 Å². The quantitative estimate of drug-likeness (QED) is 0.815. The Balaban J connectivity index is 2.13. The van der Waals surface area contributed by atoms with Crippen LogP contribution in [-0.4, -0.2) is 17.6 Å². The average Bonchev–Trinajstić information content (AvgIpc) is 2.35. The molecule has 0 spiro atoms. The highest BCUT2D eigenvalue weighted by atomic mass is 14.9. The van der Waals surface area contributed by atoms with Crippen LogP contribution in [0.1, 0.15) is 12.6 Å². The molecule has 1 atom stereocenters. The summed E-state index contributed by atoms with van der Waals surface area (Å²) < 4.78 is 0. The molecule has 1 unspecified atom stereocenters. The number of hydrogen-bond acceptors (Lipinski definition) is 3. The van der Waals surface area contributed by atoms with Crippen molar-refractivity contribution in [3.8, 4) is 0 Å². The molecule has 2 rings (SSSR count). The number of pyridine rings is 1. The zero-order chi connectivity index (χ0) is 11.4. The third-order valence-electron chi connectivity index (χ3n) is 2.64. The fourth-order valence-electron chi connectivity index (χ4n) is 1.57. The molecule has 0 aliphatic heterocycles. The highest BCUT2D eigenvalue weighted by molar-refractivity contribution is 5.78. The van der Waals surface area contributed by atoms with E-state index in [4.69, 9.17) is 5.73 Å². The second-order valence-corrected chi connectivity index (χ2v) is 4.01. The lowest BCUT2D eigenvalue weighted by Gasteiger charge is -2.10. The van der Waals surface area contributed by atoms with Crippen molar-refractivity contribution in [1.82, 2.24) is 10.3 Å². The molecule has 0 aliphatic carbocycles. The highest BCUT2D eigenvalue weighted by Gasteiger charge is 2.00. The maximum atomic E-state index is 5.54. The topological polar surface area (TPSA) is 50.9 Å². The number of nitrogens with two attached hydrogens (primary N) is 1. The van der Waals surface area contributed by atoms with E-state index in [2.05, 4.69) is 35.4 Å². The maximum Gasteiger partial charge on any atom is 0.0705 e. The first-order valence-electron chi connectivity index (χ1n) is 5.57. The summed E-state index contributed by atoms with van der Waals surface area (Å²) in [5, 5.41) is 4.50. The van der Waals surface area contributed by atoms with E-state index in [0.717, 1.165) is 17.8 Å². The van der Waals surface area contributed by atoms with Crippen LogP contribution >= 0.6 is 0 Å². The van der Waals surface area contributed by atoms with Crippen molar-refractivity contribution >= 4 is 10.9 Å². The molecule has 1 heterocycles. The monoisotopic (exact) mass is 215 g/mol. The van der Waals surface area contributed by atoms with Crippen LogP contribution in [0.5, 0.6) is 0 Å². The minimum Gasteiger partial charge on any atom is -0.329 e. The lowest BCUT2D eigenvalue weighted by Crippen LogP contribution is -2.32. The van der Waals surface area contributed by atoms with Gasteiger partial charge >= 0.3 is 0 Å². The van der Waals surface area contributed by atoms with E-state index in [1.807, 2.05) is 18.2 Å². The summed E-state index contributed by atoms with van der Waals surface area (Å²) >= 11 is 0. The van der Waals surface area contributed by atoms with Gasteiger partial charge in [-0.25, -0.2) is 0 Å². The number of nitrogens with zero attached hydrogens (tertiary/aromatic N) is 1. The molecule has 0 saturated heterocycles. The molecular formula is C13H17N3. The predicted molar refractivity (Wildman–Crippen MR) is 67.1 cm³/mol. The molecule has 16 heavy (non-hydrogen) atoms. The first-order valence-corrected chi connectivity index (χ1v) is 5.57. The van der Waals surface area contributed by atoms with Crippen molar-refractivity contribution in [3.05, 3.63) is 42.1 Å². The number of hydrogen-bond donors (Lipinski definition) is 2. The number of nitrogens with one attached hydrogen (secondary N) is 1. The average molecular weight is 215 g/mol. The summed E-state index contributed by atoms with van der Waals surface area (Å²) in [6.07, 6.45) is 0. The Hall–Kier alpha value is -1.45. The third kappa shape index (κ3) is 2.56. The highest BCUT2D eigenvalue weighted by Crippen LogP contribution is 2.11. The van der Waals surface area contributed by atoms with Crippen molar-refractivity contribution < 1.29 is 0 Å². The van der Waals surface area contributed by atoms with Crippen LogP contribution in [0.25, 0.3) is 10.9 Å². The van der Waals surface area contributed by atoms with Gasteiger partial charge in [0, 0.05) is 24.5 Å². The Morgan fingerprint density at radius 2 is 2.06 bits per heavy atom. The van der Waals surface area contributed by atoms with Crippen LogP contribution in [0.4, 0.5) is 0 Å². The first kappa shape index (κ1) is 11.0. The second-order valence-electron chi connectivity index (χ2n) is 4.01. The Labute approximate surface area is 95.7 Å². The Bertz CT molecular complexity index is 467. The molecule has 3 N–H and O–H groups in total. The molecule has 3 heteroatoms. The smallest absolute Gasteiger partial charge is 0.0705 e. The Morgan fingerprint density at radius 3 is 2.88 bits per heavy atom. The predicted octanol–water partition coefficient (Wildman–Crippen LogP) is 1.67. The van der Waals surface area contributed by atoms with Gasteiger partial charge in [0.05, 0.1) is 11.2 Å². The van der Waals surface area contributed by atoms with Crippen LogP contribution < -0.4 is 11.1 Å². The summed E-state index contributed by atoms with van der Waals surface area (Å²) in [4.78, 5) is 4.58. The fourth-order valence-corrected chi connectivity index (χ4v) is 1.57. The van der Waals surface area contributed by atoms with Crippen molar-refractivity contribution in [3.63, 3.8) is 0 Å². The number of fused-ring (bicyclic) bond motifs is 1. The zero-order valence-electron chi connectivity index (χ0n) is 9.48. The normalized spacial score (nSPS) is 12.9. The number of para-hydroxylation sites is 1. The van der Waals surface area contributed by atoms with E-state index >= 15 is 0 Å². The molecule has 2 aromatic rings. The second kappa shape index (κ2) is 5.05. The van der Waals surface area contributed by atoms with Crippen molar-refractivity contribution in [2.75, 3.05) is 6.54 Å². The Kier molecular flexibility index (Phi) is 3.49. The van der Waals surface area contributed by atoms with Gasteiger partial charge in [-0.1, -0.05) is 24.3 Å². The number of aromatic nitrogens is 1. The minimum absolute atomic E-state index is 0.327. The first-order chi connectivity index (χ1) is 7.79. The van der Waals surface area contributed by atoms with Gasteiger partial charge in [0.25, 0.3) is 0 Å². The largest absolute Gasteiger partial charge is 0.329 e. The SMILES string of the molecule is CC(CN)NCc1ccc2ccccc2n1. The van der Waals surface area contributed by atoms with Crippen LogP contribution in [-0.2, 0) is 6.54 Å². The van der Waals surface area contributed by atoms with E-state index in [9.17, 15) is 0 Å². The number of benzene rings is 1. The van der Waals surface area contributed by atoms with Crippen LogP contribution in [0.3, 0.4) is 0 Å². The van der Waals surface area contributed by atoms with Gasteiger partial charge < -0.3 is 11.1 Å². The molecule has 0 aliphatic rings. The van der Waals surface area contributed by atoms with Crippen molar-refractivity contribution in [2.45, 2.75) is 19.5 Å². The summed E-state index contributed by atoms with van der Waals surface area (Å²) in [5.41, 5.74) is 7.64. The molecule has 0 amide bonds. The lowest BCUT2D eigenvalue weighted by atomic mass is 10.2. The van der Waals surface area contributed by atoms with Gasteiger partial charge in [0.15, 0.2) is 0 Å². The molecule has 1 aromatic heterocycles. The maximum absolute atomic E-state index is 5.54. The van der Waals surface area contributed by atoms with E-state index < -0.39 is 0 Å². The standard InChI is InChI=1S/C13H17N3/c1-10(8-14)15-9-12-7-6-11-4-2-3-5-13(11)16-12/h2-7,10,15H,8-9,14H2,1H3. The molecule has 0 radical (unpaired) electrons. The van der Waals surface area contributed by atoms with Gasteiger partial charge in [-0.15, -0.1) is 0 Å². The fraction of sp³-hybridized carbons (Fsp3) is 0.308. The molecule has 84 valence electrons. The lowest BCUT2D eigenvalue weighted by molar-refractivity contribution is 0.551. The van der Waals surface area contributed by atoms with E-state index in [1.54, 1.807) is 0 Å². The minimum atomic E-state index is 0.327. The molecule has 0 saturated carbocycles. The molecule has 3 nitrogen and oxygen atoms in total. The molecule has 0 fully saturated rings. The summed E-state index contributed by atoms with van der Waals surface area (Å²) in [7, 11) is 0. The molecule has 0 bridgehead atoms. The summed E-state index contributed by atoms with van der Waals surface area (Å²) in [6, 6.07) is 12.6. The van der Waals surface area contributed by atoms with Crippen LogP contribution in [0, 0.1) is 0 Å². The van der Waals surface area contributed by atoms with Crippen LogP contribution in [0.2, 0.25) is 0 Å². The van der Waals surface area contributed by atoms with Crippen LogP contribution in [0.15, 0.2) is 36.4 Å². The summed E-state index contributed by atoms with van der Waals surface area (Å²) in [6.45, 7) is 3.48. The Morgan fingerprint density at radius 1 is 1.25 bits per heavy atom. The zero-order valence-corrected chi connectivity index (χ0v) is 9.48. The van der Waals surface area contributed by atoms with Gasteiger partial charge in [-0.3, -0.25) is 4.98 Å². The van der Waals surface area contributed by atoms with Gasteiger partial charge in [-0.2, -0.15) is 0 Å². The van der Waals surface area contributed by atoms with E-state index in [-0.39, 0.29) is 0 Å². The number of rotatable bonds is 4. The third-order valence-corrected chi connectivity index (χ3v) is 2.64. The van der Waals surface area contributed by atoms with Gasteiger partial charge in [0.2, 0.25) is 0 Å². The van der Waals surface area contributed by atoms with Gasteiger partial charge in [0.1, 0.15) is 0 Å². The van der Waals surface area contributed by atoms with Crippen molar-refractivity contribution in [1.29, 1.82) is 0 Å². The van der Waals surface area contributed by atoms with Crippen molar-refractivity contribution in [2.24, 2.45) is 5.73 Å². The van der Waals surface area contributed by atoms with E-state index in [0.29, 0.717) is 12.6 Å². The molecule has 1 aromatic carbocycles. The van der Waals surface area contributed by atoms with Gasteiger partial charge in [-0.05, 0) is 19.1 Å². The summed E-state index contributed by atoms with van der Waals surface area (Å²) in [5.74, 6) is 0. The molecular weight excluding hydrogens is 198 g/mol.